The molecule has 0 bridgehead atoms. The van der Waals surface area contributed by atoms with Crippen molar-refractivity contribution in [3.05, 3.63) is 68.1 Å². The van der Waals surface area contributed by atoms with Crippen LogP contribution < -0.4 is 10.1 Å². The van der Waals surface area contributed by atoms with Crippen LogP contribution in [0, 0.1) is 13.8 Å². The molecule has 0 spiro atoms. The highest BCUT2D eigenvalue weighted by molar-refractivity contribution is 7.12. The van der Waals surface area contributed by atoms with Gasteiger partial charge in [-0.1, -0.05) is 29.8 Å². The van der Waals surface area contributed by atoms with Gasteiger partial charge in [0.15, 0.2) is 0 Å². The summed E-state index contributed by atoms with van der Waals surface area (Å²) in [4.78, 5) is 13.1. The van der Waals surface area contributed by atoms with Gasteiger partial charge in [-0.25, -0.2) is 0 Å². The Hall–Kier alpha value is -2.31. The van der Waals surface area contributed by atoms with Gasteiger partial charge in [0.05, 0.1) is 28.3 Å². The number of nitrogens with one attached hydrogen (secondary N) is 1. The molecule has 7 heteroatoms. The van der Waals surface area contributed by atoms with Crippen LogP contribution in [0.4, 0.5) is 0 Å². The van der Waals surface area contributed by atoms with Crippen molar-refractivity contribution in [2.24, 2.45) is 0 Å². The van der Waals surface area contributed by atoms with Gasteiger partial charge in [0.2, 0.25) is 0 Å². The zero-order valence-electron chi connectivity index (χ0n) is 15.6. The topological polar surface area (TPSA) is 56.2 Å². The Kier molecular flexibility index (Phi) is 6.19. The number of aryl methyl sites for hydroxylation is 3. The number of para-hydroxylation sites is 1. The van der Waals surface area contributed by atoms with E-state index in [2.05, 4.69) is 10.4 Å². The number of hydrogen-bond donors (Lipinski definition) is 1. The Morgan fingerprint density at radius 2 is 2.07 bits per heavy atom. The minimum absolute atomic E-state index is 0.127. The monoisotopic (exact) mass is 403 g/mol. The number of ether oxygens (including phenoxy) is 1. The molecule has 2 heterocycles. The molecule has 27 heavy (non-hydrogen) atoms. The van der Waals surface area contributed by atoms with E-state index >= 15 is 0 Å². The molecule has 0 aliphatic rings. The molecule has 0 radical (unpaired) electrons. The van der Waals surface area contributed by atoms with E-state index in [0.29, 0.717) is 29.6 Å². The number of rotatable bonds is 7. The van der Waals surface area contributed by atoms with Gasteiger partial charge in [-0.05, 0) is 43.3 Å². The number of benzene rings is 1. The van der Waals surface area contributed by atoms with E-state index in [-0.39, 0.29) is 5.91 Å². The molecule has 0 aliphatic carbocycles. The fraction of sp³-hybridized carbons (Fsp3) is 0.300. The van der Waals surface area contributed by atoms with E-state index < -0.39 is 0 Å². The summed E-state index contributed by atoms with van der Waals surface area (Å²) in [6.45, 7) is 7.52. The van der Waals surface area contributed by atoms with Crippen molar-refractivity contribution in [1.29, 1.82) is 0 Å². The van der Waals surface area contributed by atoms with E-state index in [1.54, 1.807) is 10.9 Å². The van der Waals surface area contributed by atoms with Crippen molar-refractivity contribution < 1.29 is 9.53 Å². The van der Waals surface area contributed by atoms with Crippen LogP contribution in [0.1, 0.15) is 39.0 Å². The third-order valence-electron chi connectivity index (χ3n) is 4.28. The average Bonchev–Trinajstić information content (AvgIpc) is 3.26. The number of nitrogens with zero attached hydrogens (tertiary/aromatic N) is 2. The lowest BCUT2D eigenvalue weighted by molar-refractivity contribution is 0.0954. The van der Waals surface area contributed by atoms with Crippen LogP contribution >= 0.6 is 22.9 Å². The second-order valence-corrected chi connectivity index (χ2v) is 7.58. The van der Waals surface area contributed by atoms with Crippen LogP contribution in [0.15, 0.2) is 35.8 Å². The molecule has 142 valence electrons. The SMILES string of the molecule is CCn1ncc(Cl)c1CNC(=O)c1cc(COc2c(C)cccc2C)cs1. The number of carbonyl (C=O) groups excluding carboxylic acids is 1. The molecule has 0 atom stereocenters. The molecular formula is C20H22ClN3O2S. The number of carbonyl (C=O) groups is 1. The van der Waals surface area contributed by atoms with Crippen molar-refractivity contribution in [3.8, 4) is 5.75 Å². The quantitative estimate of drug-likeness (QED) is 0.619. The summed E-state index contributed by atoms with van der Waals surface area (Å²) in [6, 6.07) is 7.94. The summed E-state index contributed by atoms with van der Waals surface area (Å²) in [5, 5.41) is 9.59. The Balaban J connectivity index is 1.60. The van der Waals surface area contributed by atoms with Crippen LogP contribution in [-0.4, -0.2) is 15.7 Å². The Bertz CT molecular complexity index is 928. The van der Waals surface area contributed by atoms with E-state index in [1.807, 2.05) is 50.4 Å². The highest BCUT2D eigenvalue weighted by Gasteiger charge is 2.13. The summed E-state index contributed by atoms with van der Waals surface area (Å²) >= 11 is 7.54. The summed E-state index contributed by atoms with van der Waals surface area (Å²) in [5.74, 6) is 0.774. The molecule has 0 unspecified atom stereocenters. The van der Waals surface area contributed by atoms with Crippen LogP contribution in [0.3, 0.4) is 0 Å². The second-order valence-electron chi connectivity index (χ2n) is 6.27. The molecule has 5 nitrogen and oxygen atoms in total. The zero-order valence-corrected chi connectivity index (χ0v) is 17.2. The molecule has 0 saturated heterocycles. The van der Waals surface area contributed by atoms with Gasteiger partial charge >= 0.3 is 0 Å². The van der Waals surface area contributed by atoms with Crippen molar-refractivity contribution in [2.75, 3.05) is 0 Å². The first-order valence-electron chi connectivity index (χ1n) is 8.74. The summed E-state index contributed by atoms with van der Waals surface area (Å²) < 4.78 is 7.74. The average molecular weight is 404 g/mol. The summed E-state index contributed by atoms with van der Waals surface area (Å²) in [7, 11) is 0. The highest BCUT2D eigenvalue weighted by Crippen LogP contribution is 2.24. The number of halogens is 1. The van der Waals surface area contributed by atoms with E-state index in [0.717, 1.165) is 28.1 Å². The van der Waals surface area contributed by atoms with E-state index in [1.165, 1.54) is 11.3 Å². The van der Waals surface area contributed by atoms with Gasteiger partial charge < -0.3 is 10.1 Å². The van der Waals surface area contributed by atoms with Crippen molar-refractivity contribution in [3.63, 3.8) is 0 Å². The van der Waals surface area contributed by atoms with Crippen molar-refractivity contribution in [1.82, 2.24) is 15.1 Å². The Morgan fingerprint density at radius 3 is 2.78 bits per heavy atom. The van der Waals surface area contributed by atoms with Crippen molar-refractivity contribution >= 4 is 28.8 Å². The third kappa shape index (κ3) is 4.51. The van der Waals surface area contributed by atoms with Crippen LogP contribution in [-0.2, 0) is 19.7 Å². The molecule has 3 rings (SSSR count). The van der Waals surface area contributed by atoms with Gasteiger partial charge in [0, 0.05) is 12.1 Å². The van der Waals surface area contributed by atoms with Gasteiger partial charge in [0.1, 0.15) is 12.4 Å². The fourth-order valence-electron chi connectivity index (χ4n) is 2.84. The van der Waals surface area contributed by atoms with Crippen molar-refractivity contribution in [2.45, 2.75) is 40.5 Å². The predicted octanol–water partition coefficient (Wildman–Crippen LogP) is 4.74. The molecule has 0 saturated carbocycles. The van der Waals surface area contributed by atoms with Crippen LogP contribution in [0.5, 0.6) is 5.75 Å². The molecular weight excluding hydrogens is 382 g/mol. The standard InChI is InChI=1S/C20H22ClN3O2S/c1-4-24-17(16(21)9-23-24)10-22-20(25)18-8-15(12-27-18)11-26-19-13(2)6-5-7-14(19)3/h5-9,12H,4,10-11H2,1-3H3,(H,22,25). The maximum absolute atomic E-state index is 12.4. The third-order valence-corrected chi connectivity index (χ3v) is 5.58. The Labute approximate surface area is 167 Å². The van der Waals surface area contributed by atoms with Crippen LogP contribution in [0.25, 0.3) is 0 Å². The maximum atomic E-state index is 12.4. The lowest BCUT2D eigenvalue weighted by Gasteiger charge is -2.11. The van der Waals surface area contributed by atoms with Gasteiger partial charge in [-0.3, -0.25) is 9.48 Å². The minimum atomic E-state index is -0.127. The lowest BCUT2D eigenvalue weighted by Crippen LogP contribution is -2.23. The first-order chi connectivity index (χ1) is 13.0. The smallest absolute Gasteiger partial charge is 0.261 e. The van der Waals surface area contributed by atoms with Crippen LogP contribution in [0.2, 0.25) is 5.02 Å². The highest BCUT2D eigenvalue weighted by atomic mass is 35.5. The normalized spacial score (nSPS) is 10.8. The van der Waals surface area contributed by atoms with Gasteiger partial charge in [0.25, 0.3) is 5.91 Å². The van der Waals surface area contributed by atoms with Gasteiger partial charge in [-0.2, -0.15) is 5.10 Å². The second kappa shape index (κ2) is 8.59. The molecule has 3 aromatic rings. The Morgan fingerprint density at radius 1 is 1.33 bits per heavy atom. The molecule has 1 aromatic carbocycles. The zero-order chi connectivity index (χ0) is 19.4. The number of amides is 1. The predicted molar refractivity (Wildman–Crippen MR) is 109 cm³/mol. The lowest BCUT2D eigenvalue weighted by atomic mass is 10.1. The minimum Gasteiger partial charge on any atom is -0.488 e. The van der Waals surface area contributed by atoms with E-state index in [4.69, 9.17) is 16.3 Å². The largest absolute Gasteiger partial charge is 0.488 e. The number of hydrogen-bond acceptors (Lipinski definition) is 4. The summed E-state index contributed by atoms with van der Waals surface area (Å²) in [5.41, 5.74) is 3.99. The first kappa shape index (κ1) is 19.5. The fourth-order valence-corrected chi connectivity index (χ4v) is 3.86. The first-order valence-corrected chi connectivity index (χ1v) is 10.00. The van der Waals surface area contributed by atoms with Gasteiger partial charge in [-0.15, -0.1) is 11.3 Å². The molecule has 1 amide bonds. The molecule has 0 aliphatic heterocycles. The summed E-state index contributed by atoms with van der Waals surface area (Å²) in [6.07, 6.45) is 1.60. The maximum Gasteiger partial charge on any atom is 0.261 e. The molecule has 0 fully saturated rings. The molecule has 1 N–H and O–H groups in total. The van der Waals surface area contributed by atoms with E-state index in [9.17, 15) is 4.79 Å². The number of aromatic nitrogens is 2. The molecule has 2 aromatic heterocycles. The number of thiophene rings is 1.